The normalized spacial score (nSPS) is 22.8. The minimum atomic E-state index is -0.551. The minimum Gasteiger partial charge on any atom is -0.456 e. The molecule has 1 N–H and O–H groups in total. The first kappa shape index (κ1) is 22.3. The van der Waals surface area contributed by atoms with E-state index in [0.29, 0.717) is 24.8 Å². The van der Waals surface area contributed by atoms with Crippen LogP contribution in [0.2, 0.25) is 0 Å². The van der Waals surface area contributed by atoms with Gasteiger partial charge in [0.05, 0.1) is 12.2 Å². The quantitative estimate of drug-likeness (QED) is 0.743. The van der Waals surface area contributed by atoms with Crippen LogP contribution in [0.3, 0.4) is 0 Å². The van der Waals surface area contributed by atoms with Crippen molar-refractivity contribution in [3.63, 3.8) is 0 Å². The maximum absolute atomic E-state index is 13.8. The molecular weight excluding hydrogens is 390 g/mol. The Morgan fingerprint density at radius 2 is 1.81 bits per heavy atom. The Morgan fingerprint density at radius 1 is 1.13 bits per heavy atom. The molecule has 0 aromatic heterocycles. The molecule has 6 heteroatoms. The topological polar surface area (TPSA) is 61.9 Å². The number of carbonyl (C=O) groups is 2. The number of ether oxygens (including phenoxy) is 1. The standard InChI is InChI=1S/C25H37N3O3/c1-24(2,3)31-22(29)21-12-8-7-9-19(21)17-27-18-28(20-10-5-4-6-11-20)25(23(27)30)13-15-26-16-14-25/h7-9,12,20,26H,4-6,10-11,13-18H2,1-3H3. The van der Waals surface area contributed by atoms with Crippen molar-refractivity contribution in [2.75, 3.05) is 19.8 Å². The van der Waals surface area contributed by atoms with E-state index in [4.69, 9.17) is 4.74 Å². The third-order valence-corrected chi connectivity index (χ3v) is 7.00. The molecule has 1 saturated carbocycles. The number of esters is 1. The summed E-state index contributed by atoms with van der Waals surface area (Å²) in [5, 5.41) is 3.43. The maximum Gasteiger partial charge on any atom is 0.338 e. The van der Waals surface area contributed by atoms with E-state index in [0.717, 1.165) is 31.5 Å². The van der Waals surface area contributed by atoms with Gasteiger partial charge < -0.3 is 15.0 Å². The van der Waals surface area contributed by atoms with Crippen LogP contribution in [0.1, 0.15) is 81.6 Å². The molecule has 0 bridgehead atoms. The highest BCUT2D eigenvalue weighted by atomic mass is 16.6. The summed E-state index contributed by atoms with van der Waals surface area (Å²) in [6.45, 7) is 8.51. The lowest BCUT2D eigenvalue weighted by molar-refractivity contribution is -0.136. The predicted octanol–water partition coefficient (Wildman–Crippen LogP) is 3.70. The Morgan fingerprint density at radius 3 is 2.48 bits per heavy atom. The van der Waals surface area contributed by atoms with E-state index in [-0.39, 0.29) is 17.4 Å². The summed E-state index contributed by atoms with van der Waals surface area (Å²) in [6.07, 6.45) is 7.92. The predicted molar refractivity (Wildman–Crippen MR) is 121 cm³/mol. The third kappa shape index (κ3) is 4.65. The zero-order valence-electron chi connectivity index (χ0n) is 19.3. The highest BCUT2D eigenvalue weighted by Gasteiger charge is 2.54. The van der Waals surface area contributed by atoms with Gasteiger partial charge in [-0.2, -0.15) is 0 Å². The van der Waals surface area contributed by atoms with Crippen LogP contribution in [0.4, 0.5) is 0 Å². The smallest absolute Gasteiger partial charge is 0.338 e. The fourth-order valence-corrected chi connectivity index (χ4v) is 5.52. The highest BCUT2D eigenvalue weighted by molar-refractivity contribution is 5.92. The molecule has 1 aromatic carbocycles. The van der Waals surface area contributed by atoms with E-state index >= 15 is 0 Å². The van der Waals surface area contributed by atoms with Crippen LogP contribution in [0.5, 0.6) is 0 Å². The molecule has 6 nitrogen and oxygen atoms in total. The van der Waals surface area contributed by atoms with E-state index in [2.05, 4.69) is 10.2 Å². The average Bonchev–Trinajstić information content (AvgIpc) is 3.00. The SMILES string of the molecule is CC(C)(C)OC(=O)c1ccccc1CN1CN(C2CCCCC2)C2(CCNCC2)C1=O. The first-order valence-corrected chi connectivity index (χ1v) is 11.9. The van der Waals surface area contributed by atoms with Crippen molar-refractivity contribution in [2.45, 2.75) is 89.4 Å². The molecule has 2 aliphatic heterocycles. The van der Waals surface area contributed by atoms with E-state index < -0.39 is 5.60 Å². The van der Waals surface area contributed by atoms with Crippen molar-refractivity contribution >= 4 is 11.9 Å². The van der Waals surface area contributed by atoms with E-state index in [1.807, 2.05) is 49.9 Å². The average molecular weight is 428 g/mol. The number of hydrogen-bond acceptors (Lipinski definition) is 5. The molecule has 3 fully saturated rings. The second-order valence-corrected chi connectivity index (χ2v) is 10.3. The Labute approximate surface area is 186 Å². The molecule has 0 radical (unpaired) electrons. The molecule has 31 heavy (non-hydrogen) atoms. The van der Waals surface area contributed by atoms with Crippen molar-refractivity contribution in [1.82, 2.24) is 15.1 Å². The van der Waals surface area contributed by atoms with Gasteiger partial charge >= 0.3 is 5.97 Å². The number of piperidine rings is 1. The van der Waals surface area contributed by atoms with Gasteiger partial charge in [0.1, 0.15) is 11.1 Å². The molecule has 170 valence electrons. The monoisotopic (exact) mass is 427 g/mol. The summed E-state index contributed by atoms with van der Waals surface area (Å²) in [5.41, 5.74) is 0.485. The number of nitrogens with one attached hydrogen (secondary N) is 1. The Balaban J connectivity index is 1.58. The van der Waals surface area contributed by atoms with Crippen LogP contribution in [0.15, 0.2) is 24.3 Å². The van der Waals surface area contributed by atoms with Crippen molar-refractivity contribution < 1.29 is 14.3 Å². The second kappa shape index (κ2) is 8.91. The van der Waals surface area contributed by atoms with Gasteiger partial charge in [-0.05, 0) is 71.2 Å². The van der Waals surface area contributed by atoms with Crippen molar-refractivity contribution in [1.29, 1.82) is 0 Å². The lowest BCUT2D eigenvalue weighted by Crippen LogP contribution is -2.58. The number of rotatable bonds is 4. The van der Waals surface area contributed by atoms with E-state index in [1.54, 1.807) is 0 Å². The van der Waals surface area contributed by atoms with E-state index in [9.17, 15) is 9.59 Å². The lowest BCUT2D eigenvalue weighted by Gasteiger charge is -2.44. The van der Waals surface area contributed by atoms with Crippen LogP contribution in [0, 0.1) is 0 Å². The van der Waals surface area contributed by atoms with E-state index in [1.165, 1.54) is 32.1 Å². The van der Waals surface area contributed by atoms with Gasteiger partial charge in [-0.3, -0.25) is 9.69 Å². The van der Waals surface area contributed by atoms with Gasteiger partial charge in [0.15, 0.2) is 0 Å². The van der Waals surface area contributed by atoms with Gasteiger partial charge in [0, 0.05) is 12.6 Å². The van der Waals surface area contributed by atoms with Crippen LogP contribution in [0.25, 0.3) is 0 Å². The van der Waals surface area contributed by atoms with Crippen molar-refractivity contribution in [2.24, 2.45) is 0 Å². The molecular formula is C25H37N3O3. The summed E-state index contributed by atoms with van der Waals surface area (Å²) < 4.78 is 5.62. The summed E-state index contributed by atoms with van der Waals surface area (Å²) >= 11 is 0. The molecule has 1 amide bonds. The fraction of sp³-hybridized carbons (Fsp3) is 0.680. The molecule has 2 saturated heterocycles. The number of nitrogens with zero attached hydrogens (tertiary/aromatic N) is 2. The molecule has 1 aliphatic carbocycles. The summed E-state index contributed by atoms with van der Waals surface area (Å²) in [7, 11) is 0. The zero-order chi connectivity index (χ0) is 22.1. The van der Waals surface area contributed by atoms with Crippen LogP contribution in [-0.4, -0.2) is 58.6 Å². The fourth-order valence-electron chi connectivity index (χ4n) is 5.52. The summed E-state index contributed by atoms with van der Waals surface area (Å²) in [6, 6.07) is 8.04. The number of benzene rings is 1. The Kier molecular flexibility index (Phi) is 6.40. The molecule has 4 rings (SSSR count). The van der Waals surface area contributed by atoms with Gasteiger partial charge in [-0.1, -0.05) is 37.5 Å². The van der Waals surface area contributed by atoms with Gasteiger partial charge in [0.25, 0.3) is 0 Å². The summed E-state index contributed by atoms with van der Waals surface area (Å²) in [5.74, 6) is -0.0889. The number of carbonyl (C=O) groups excluding carboxylic acids is 2. The zero-order valence-corrected chi connectivity index (χ0v) is 19.3. The first-order chi connectivity index (χ1) is 14.8. The van der Waals surface area contributed by atoms with Crippen LogP contribution in [-0.2, 0) is 16.1 Å². The van der Waals surface area contributed by atoms with Gasteiger partial charge in [-0.25, -0.2) is 4.79 Å². The molecule has 0 unspecified atom stereocenters. The largest absolute Gasteiger partial charge is 0.456 e. The highest BCUT2D eigenvalue weighted by Crippen LogP contribution is 2.40. The van der Waals surface area contributed by atoms with Crippen LogP contribution < -0.4 is 5.32 Å². The summed E-state index contributed by atoms with van der Waals surface area (Å²) in [4.78, 5) is 31.1. The third-order valence-electron chi connectivity index (χ3n) is 7.00. The maximum atomic E-state index is 13.8. The molecule has 1 aromatic rings. The molecule has 3 aliphatic rings. The Hall–Kier alpha value is -1.92. The molecule has 0 atom stereocenters. The first-order valence-electron chi connectivity index (χ1n) is 11.9. The minimum absolute atomic E-state index is 0.235. The number of hydrogen-bond donors (Lipinski definition) is 1. The number of amides is 1. The lowest BCUT2D eigenvalue weighted by atomic mass is 9.83. The molecule has 1 spiro atoms. The second-order valence-electron chi connectivity index (χ2n) is 10.3. The van der Waals surface area contributed by atoms with Crippen molar-refractivity contribution in [3.05, 3.63) is 35.4 Å². The van der Waals surface area contributed by atoms with Gasteiger partial charge in [0.2, 0.25) is 5.91 Å². The molecule has 2 heterocycles. The van der Waals surface area contributed by atoms with Crippen molar-refractivity contribution in [3.8, 4) is 0 Å². The van der Waals surface area contributed by atoms with Gasteiger partial charge in [-0.15, -0.1) is 0 Å². The van der Waals surface area contributed by atoms with Crippen LogP contribution >= 0.6 is 0 Å². The Bertz CT molecular complexity index is 804.